The number of carbonyl (C=O) groups excluding carboxylic acids is 1. The molecule has 1 heterocycles. The summed E-state index contributed by atoms with van der Waals surface area (Å²) in [5.74, 6) is -1.13. The van der Waals surface area contributed by atoms with Crippen LogP contribution >= 0.6 is 0 Å². The number of ether oxygens (including phenoxy) is 1. The molecule has 0 radical (unpaired) electrons. The first-order valence-corrected chi connectivity index (χ1v) is 6.36. The second-order valence-corrected chi connectivity index (χ2v) is 3.91. The number of carboxylic acid groups (broad SMARTS) is 1. The van der Waals surface area contributed by atoms with Crippen molar-refractivity contribution in [2.75, 3.05) is 26.3 Å². The van der Waals surface area contributed by atoms with Gasteiger partial charge in [0.1, 0.15) is 0 Å². The van der Waals surface area contributed by atoms with E-state index < -0.39 is 5.97 Å². The van der Waals surface area contributed by atoms with Gasteiger partial charge in [-0.3, -0.25) is 0 Å². The summed E-state index contributed by atoms with van der Waals surface area (Å²) in [6.07, 6.45) is 2.07. The van der Waals surface area contributed by atoms with Crippen molar-refractivity contribution < 1.29 is 19.4 Å². The first kappa shape index (κ1) is 15.9. The third-order valence-corrected chi connectivity index (χ3v) is 2.34. The number of carbonyl (C=O) groups is 2. The maximum atomic E-state index is 11.4. The molecule has 2 amide bonds. The molecule has 112 valence electrons. The minimum Gasteiger partial charge on any atom is -0.476 e. The molecule has 0 unspecified atom stereocenters. The van der Waals surface area contributed by atoms with Crippen LogP contribution in [-0.2, 0) is 11.3 Å². The molecule has 9 nitrogen and oxygen atoms in total. The summed E-state index contributed by atoms with van der Waals surface area (Å²) < 4.78 is 6.50. The summed E-state index contributed by atoms with van der Waals surface area (Å²) in [4.78, 5) is 22.0. The maximum absolute atomic E-state index is 11.4. The Morgan fingerprint density at radius 1 is 1.40 bits per heavy atom. The highest BCUT2D eigenvalue weighted by molar-refractivity contribution is 5.84. The molecule has 0 aliphatic heterocycles. The topological polar surface area (TPSA) is 118 Å². The quantitative estimate of drug-likeness (QED) is 0.536. The van der Waals surface area contributed by atoms with Gasteiger partial charge in [0.2, 0.25) is 0 Å². The summed E-state index contributed by atoms with van der Waals surface area (Å²) in [5.41, 5.74) is -0.120. The molecule has 1 aromatic rings. The maximum Gasteiger partial charge on any atom is 0.358 e. The van der Waals surface area contributed by atoms with E-state index in [2.05, 4.69) is 20.9 Å². The standard InChI is InChI=1S/C11H19N5O4/c1-2-20-7-3-4-12-11(19)13-5-6-16-8-9(10(17)18)14-15-16/h8H,2-7H2,1H3,(H,17,18)(H2,12,13,19). The van der Waals surface area contributed by atoms with Gasteiger partial charge >= 0.3 is 12.0 Å². The van der Waals surface area contributed by atoms with Crippen molar-refractivity contribution in [2.24, 2.45) is 0 Å². The van der Waals surface area contributed by atoms with Crippen LogP contribution in [0.4, 0.5) is 4.79 Å². The average Bonchev–Trinajstić information content (AvgIpc) is 2.87. The van der Waals surface area contributed by atoms with Gasteiger partial charge in [0, 0.05) is 26.3 Å². The predicted molar refractivity (Wildman–Crippen MR) is 69.5 cm³/mol. The third-order valence-electron chi connectivity index (χ3n) is 2.34. The van der Waals surface area contributed by atoms with Gasteiger partial charge in [-0.2, -0.15) is 0 Å². The summed E-state index contributed by atoms with van der Waals surface area (Å²) in [6.45, 7) is 4.43. The van der Waals surface area contributed by atoms with Crippen LogP contribution in [0.15, 0.2) is 6.20 Å². The predicted octanol–water partition coefficient (Wildman–Crippen LogP) is -0.298. The number of carboxylic acids is 1. The normalized spacial score (nSPS) is 10.2. The van der Waals surface area contributed by atoms with Crippen molar-refractivity contribution in [2.45, 2.75) is 19.9 Å². The Morgan fingerprint density at radius 3 is 2.80 bits per heavy atom. The van der Waals surface area contributed by atoms with E-state index in [0.717, 1.165) is 6.42 Å². The fraction of sp³-hybridized carbons (Fsp3) is 0.636. The van der Waals surface area contributed by atoms with Gasteiger partial charge in [0.25, 0.3) is 0 Å². The van der Waals surface area contributed by atoms with E-state index in [-0.39, 0.29) is 11.7 Å². The zero-order valence-electron chi connectivity index (χ0n) is 11.3. The van der Waals surface area contributed by atoms with Crippen LogP contribution < -0.4 is 10.6 Å². The molecule has 0 aliphatic rings. The molecule has 0 saturated carbocycles. The zero-order chi connectivity index (χ0) is 14.8. The summed E-state index contributed by atoms with van der Waals surface area (Å²) in [7, 11) is 0. The SMILES string of the molecule is CCOCCCNC(=O)NCCn1cc(C(=O)O)nn1. The molecule has 1 rings (SSSR count). The summed E-state index contributed by atoms with van der Waals surface area (Å²) in [5, 5.41) is 21.1. The zero-order valence-corrected chi connectivity index (χ0v) is 11.3. The monoisotopic (exact) mass is 285 g/mol. The lowest BCUT2D eigenvalue weighted by atomic mass is 10.4. The Kier molecular flexibility index (Phi) is 7.04. The minimum atomic E-state index is -1.13. The number of aromatic nitrogens is 3. The van der Waals surface area contributed by atoms with Crippen LogP contribution in [0.3, 0.4) is 0 Å². The molecule has 0 aromatic carbocycles. The molecule has 0 spiro atoms. The Morgan fingerprint density at radius 2 is 2.15 bits per heavy atom. The van der Waals surface area contributed by atoms with Gasteiger partial charge in [0.05, 0.1) is 12.7 Å². The number of amides is 2. The molecule has 20 heavy (non-hydrogen) atoms. The minimum absolute atomic E-state index is 0.120. The van der Waals surface area contributed by atoms with Crippen molar-refractivity contribution in [1.29, 1.82) is 0 Å². The lowest BCUT2D eigenvalue weighted by molar-refractivity contribution is 0.0690. The van der Waals surface area contributed by atoms with Crippen molar-refractivity contribution >= 4 is 12.0 Å². The first-order valence-electron chi connectivity index (χ1n) is 6.36. The second-order valence-electron chi connectivity index (χ2n) is 3.91. The number of hydrogen-bond acceptors (Lipinski definition) is 5. The third kappa shape index (κ3) is 6.14. The number of aromatic carboxylic acids is 1. The fourth-order valence-corrected chi connectivity index (χ4v) is 1.37. The van der Waals surface area contributed by atoms with E-state index in [4.69, 9.17) is 9.84 Å². The van der Waals surface area contributed by atoms with Crippen molar-refractivity contribution in [3.8, 4) is 0 Å². The Bertz CT molecular complexity index is 434. The van der Waals surface area contributed by atoms with Crippen LogP contribution in [-0.4, -0.2) is 58.4 Å². The van der Waals surface area contributed by atoms with Crippen molar-refractivity contribution in [1.82, 2.24) is 25.6 Å². The highest BCUT2D eigenvalue weighted by Gasteiger charge is 2.07. The molecular formula is C11H19N5O4. The van der Waals surface area contributed by atoms with Gasteiger partial charge in [0.15, 0.2) is 5.69 Å². The van der Waals surface area contributed by atoms with E-state index in [9.17, 15) is 9.59 Å². The van der Waals surface area contributed by atoms with E-state index in [0.29, 0.717) is 32.8 Å². The molecule has 0 aliphatic carbocycles. The van der Waals surface area contributed by atoms with Crippen LogP contribution in [0.5, 0.6) is 0 Å². The molecule has 1 aromatic heterocycles. The van der Waals surface area contributed by atoms with Crippen molar-refractivity contribution in [3.63, 3.8) is 0 Å². The molecule has 9 heteroatoms. The number of hydrogen-bond donors (Lipinski definition) is 3. The summed E-state index contributed by atoms with van der Waals surface area (Å²) in [6, 6.07) is -0.278. The largest absolute Gasteiger partial charge is 0.476 e. The van der Waals surface area contributed by atoms with Crippen LogP contribution in [0.25, 0.3) is 0 Å². The first-order chi connectivity index (χ1) is 9.63. The summed E-state index contributed by atoms with van der Waals surface area (Å²) >= 11 is 0. The Hall–Kier alpha value is -2.16. The van der Waals surface area contributed by atoms with Gasteiger partial charge in [-0.15, -0.1) is 5.10 Å². The van der Waals surface area contributed by atoms with Crippen LogP contribution in [0.2, 0.25) is 0 Å². The van der Waals surface area contributed by atoms with Crippen LogP contribution in [0.1, 0.15) is 23.8 Å². The average molecular weight is 285 g/mol. The number of urea groups is 1. The molecule has 3 N–H and O–H groups in total. The highest BCUT2D eigenvalue weighted by atomic mass is 16.5. The Labute approximate surface area is 116 Å². The lowest BCUT2D eigenvalue weighted by Gasteiger charge is -2.07. The molecular weight excluding hydrogens is 266 g/mol. The fourth-order valence-electron chi connectivity index (χ4n) is 1.37. The molecule has 0 fully saturated rings. The van der Waals surface area contributed by atoms with E-state index in [1.54, 1.807) is 0 Å². The van der Waals surface area contributed by atoms with E-state index in [1.165, 1.54) is 10.9 Å². The van der Waals surface area contributed by atoms with Gasteiger partial charge < -0.3 is 20.5 Å². The second kappa shape index (κ2) is 8.86. The smallest absolute Gasteiger partial charge is 0.358 e. The van der Waals surface area contributed by atoms with Gasteiger partial charge in [-0.05, 0) is 13.3 Å². The molecule has 0 atom stereocenters. The number of nitrogens with zero attached hydrogens (tertiary/aromatic N) is 3. The van der Waals surface area contributed by atoms with Crippen LogP contribution in [0, 0.1) is 0 Å². The van der Waals surface area contributed by atoms with E-state index in [1.807, 2.05) is 6.92 Å². The lowest BCUT2D eigenvalue weighted by Crippen LogP contribution is -2.38. The number of nitrogens with one attached hydrogen (secondary N) is 2. The van der Waals surface area contributed by atoms with Gasteiger partial charge in [-0.1, -0.05) is 5.21 Å². The molecule has 0 saturated heterocycles. The van der Waals surface area contributed by atoms with E-state index >= 15 is 0 Å². The van der Waals surface area contributed by atoms with Crippen molar-refractivity contribution in [3.05, 3.63) is 11.9 Å². The number of rotatable bonds is 9. The highest BCUT2D eigenvalue weighted by Crippen LogP contribution is 1.91. The molecule has 0 bridgehead atoms. The Balaban J connectivity index is 2.10. The van der Waals surface area contributed by atoms with Gasteiger partial charge in [-0.25, -0.2) is 14.3 Å².